The summed E-state index contributed by atoms with van der Waals surface area (Å²) in [6.45, 7) is 6.63. The van der Waals surface area contributed by atoms with Gasteiger partial charge in [0.15, 0.2) is 15.8 Å². The van der Waals surface area contributed by atoms with Crippen molar-refractivity contribution in [2.24, 2.45) is 4.99 Å². The van der Waals surface area contributed by atoms with Crippen LogP contribution in [0.25, 0.3) is 0 Å². The minimum atomic E-state index is -3.15. The van der Waals surface area contributed by atoms with Crippen LogP contribution in [0.3, 0.4) is 0 Å². The van der Waals surface area contributed by atoms with Gasteiger partial charge in [-0.05, 0) is 38.7 Å². The Balaban J connectivity index is 0.00000480. The maximum absolute atomic E-state index is 12.3. The topological polar surface area (TPSA) is 100 Å². The van der Waals surface area contributed by atoms with Gasteiger partial charge in [0.1, 0.15) is 0 Å². The highest BCUT2D eigenvalue weighted by Crippen LogP contribution is 2.11. The highest BCUT2D eigenvalue weighted by Gasteiger charge is 2.24. The molecule has 1 aliphatic heterocycles. The predicted molar refractivity (Wildman–Crippen MR) is 135 cm³/mol. The van der Waals surface area contributed by atoms with Gasteiger partial charge >= 0.3 is 6.09 Å². The van der Waals surface area contributed by atoms with Crippen LogP contribution in [0.4, 0.5) is 4.79 Å². The van der Waals surface area contributed by atoms with Crippen molar-refractivity contribution in [2.45, 2.75) is 44.9 Å². The molecule has 1 fully saturated rings. The molecule has 8 nitrogen and oxygen atoms in total. The summed E-state index contributed by atoms with van der Waals surface area (Å²) in [7, 11) is -3.15. The number of benzene rings is 1. The molecule has 1 aromatic carbocycles. The van der Waals surface area contributed by atoms with E-state index in [0.717, 1.165) is 24.9 Å². The Morgan fingerprint density at radius 2 is 1.87 bits per heavy atom. The van der Waals surface area contributed by atoms with E-state index >= 15 is 0 Å². The molecule has 0 atom stereocenters. The van der Waals surface area contributed by atoms with Gasteiger partial charge in [0.05, 0.1) is 18.1 Å². The molecule has 0 aromatic heterocycles. The average Bonchev–Trinajstić information content (AvgIpc) is 2.72. The number of rotatable bonds is 9. The molecular weight excluding hydrogens is 531 g/mol. The fourth-order valence-electron chi connectivity index (χ4n) is 3.31. The molecule has 31 heavy (non-hydrogen) atoms. The molecule has 1 heterocycles. The molecule has 1 aliphatic rings. The quantitative estimate of drug-likeness (QED) is 0.207. The number of halogens is 1. The zero-order valence-electron chi connectivity index (χ0n) is 18.4. The predicted octanol–water partition coefficient (Wildman–Crippen LogP) is 2.79. The molecule has 0 aliphatic carbocycles. The maximum Gasteiger partial charge on any atom is 0.409 e. The monoisotopic (exact) mass is 566 g/mol. The largest absolute Gasteiger partial charge is 0.450 e. The number of hydrogen-bond donors (Lipinski definition) is 2. The van der Waals surface area contributed by atoms with E-state index in [-0.39, 0.29) is 47.6 Å². The zero-order valence-corrected chi connectivity index (χ0v) is 21.5. The van der Waals surface area contributed by atoms with E-state index in [1.54, 1.807) is 11.8 Å². The van der Waals surface area contributed by atoms with Crippen LogP contribution in [0.1, 0.15) is 38.7 Å². The number of nitrogens with zero attached hydrogens (tertiary/aromatic N) is 2. The molecule has 1 saturated heterocycles. The van der Waals surface area contributed by atoms with Gasteiger partial charge in [0, 0.05) is 32.2 Å². The van der Waals surface area contributed by atoms with Crippen LogP contribution in [0.5, 0.6) is 0 Å². The van der Waals surface area contributed by atoms with Gasteiger partial charge in [-0.3, -0.25) is 4.99 Å². The van der Waals surface area contributed by atoms with Crippen LogP contribution >= 0.6 is 24.0 Å². The Morgan fingerprint density at radius 3 is 2.48 bits per heavy atom. The second kappa shape index (κ2) is 14.5. The van der Waals surface area contributed by atoms with Crippen molar-refractivity contribution >= 4 is 45.9 Å². The Morgan fingerprint density at radius 1 is 1.19 bits per heavy atom. The maximum atomic E-state index is 12.3. The van der Waals surface area contributed by atoms with Crippen molar-refractivity contribution in [2.75, 3.05) is 38.5 Å². The number of likely N-dealkylation sites (tertiary alicyclic amines) is 1. The van der Waals surface area contributed by atoms with Gasteiger partial charge in [0.2, 0.25) is 0 Å². The number of nitrogens with one attached hydrogen (secondary N) is 2. The number of ether oxygens (including phenoxy) is 1. The lowest BCUT2D eigenvalue weighted by Crippen LogP contribution is -2.50. The second-order valence-corrected chi connectivity index (χ2v) is 9.48. The van der Waals surface area contributed by atoms with Gasteiger partial charge in [-0.2, -0.15) is 0 Å². The number of carbonyl (C=O) groups excluding carboxylic acids is 1. The number of guanidine groups is 1. The van der Waals surface area contributed by atoms with E-state index in [1.165, 1.54) is 0 Å². The summed E-state index contributed by atoms with van der Waals surface area (Å²) in [6.07, 6.45) is 1.85. The summed E-state index contributed by atoms with van der Waals surface area (Å²) in [5, 5.41) is 6.60. The van der Waals surface area contributed by atoms with E-state index in [1.807, 2.05) is 37.3 Å². The van der Waals surface area contributed by atoms with E-state index in [2.05, 4.69) is 15.6 Å². The number of piperidine rings is 1. The first-order chi connectivity index (χ1) is 14.4. The Labute approximate surface area is 203 Å². The smallest absolute Gasteiger partial charge is 0.409 e. The van der Waals surface area contributed by atoms with Crippen molar-refractivity contribution in [3.8, 4) is 0 Å². The summed E-state index contributed by atoms with van der Waals surface area (Å²) in [5.74, 6) is 0.866. The van der Waals surface area contributed by atoms with Crippen LogP contribution in [0.15, 0.2) is 35.3 Å². The lowest BCUT2D eigenvalue weighted by atomic mass is 10.1. The van der Waals surface area contributed by atoms with Gasteiger partial charge in [-0.15, -0.1) is 24.0 Å². The highest BCUT2D eigenvalue weighted by atomic mass is 127. The number of hydrogen-bond acceptors (Lipinski definition) is 5. The molecule has 0 spiro atoms. The molecule has 176 valence electrons. The minimum Gasteiger partial charge on any atom is -0.450 e. The Bertz CT molecular complexity index is 782. The molecule has 0 radical (unpaired) electrons. The van der Waals surface area contributed by atoms with Crippen molar-refractivity contribution in [3.05, 3.63) is 35.9 Å². The molecule has 10 heteroatoms. The second-order valence-electron chi connectivity index (χ2n) is 7.30. The standard InChI is InChI=1S/C21H34N4O4S.HI/c1-3-22-20(24-19-11-14-25(15-12-19)21(26)29-4-2)23-13-8-16-30(27,28)17-18-9-6-5-7-10-18;/h5-7,9-10,19H,3-4,8,11-17H2,1-2H3,(H2,22,23,24);1H. The molecule has 0 unspecified atom stereocenters. The van der Waals surface area contributed by atoms with E-state index in [4.69, 9.17) is 4.74 Å². The van der Waals surface area contributed by atoms with Crippen LogP contribution in [-0.4, -0.2) is 70.0 Å². The fraction of sp³-hybridized carbons (Fsp3) is 0.619. The van der Waals surface area contributed by atoms with Crippen LogP contribution in [-0.2, 0) is 20.3 Å². The lowest BCUT2D eigenvalue weighted by Gasteiger charge is -2.32. The first-order valence-corrected chi connectivity index (χ1v) is 12.5. The van der Waals surface area contributed by atoms with Gasteiger partial charge in [-0.1, -0.05) is 30.3 Å². The fourth-order valence-corrected chi connectivity index (χ4v) is 4.72. The van der Waals surface area contributed by atoms with Crippen LogP contribution in [0.2, 0.25) is 0 Å². The van der Waals surface area contributed by atoms with Crippen LogP contribution < -0.4 is 10.6 Å². The molecule has 1 aromatic rings. The SMILES string of the molecule is CCNC(=NCCCS(=O)(=O)Cc1ccccc1)NC1CCN(C(=O)OCC)CC1.I. The minimum absolute atomic E-state index is 0. The highest BCUT2D eigenvalue weighted by molar-refractivity contribution is 14.0. The number of amides is 1. The lowest BCUT2D eigenvalue weighted by molar-refractivity contribution is 0.0963. The number of aliphatic imine (C=N–C) groups is 1. The normalized spacial score (nSPS) is 15.2. The third-order valence-electron chi connectivity index (χ3n) is 4.82. The summed E-state index contributed by atoms with van der Waals surface area (Å²) < 4.78 is 29.6. The number of carbonyl (C=O) groups is 1. The third kappa shape index (κ3) is 10.5. The van der Waals surface area contributed by atoms with Gasteiger partial charge in [-0.25, -0.2) is 13.2 Å². The van der Waals surface area contributed by atoms with Crippen molar-refractivity contribution in [1.82, 2.24) is 15.5 Å². The first-order valence-electron chi connectivity index (χ1n) is 10.6. The van der Waals surface area contributed by atoms with Crippen molar-refractivity contribution in [3.63, 3.8) is 0 Å². The molecule has 2 rings (SSSR count). The number of sulfone groups is 1. The molecule has 2 N–H and O–H groups in total. The summed E-state index contributed by atoms with van der Waals surface area (Å²) >= 11 is 0. The molecule has 0 bridgehead atoms. The molecular formula is C21H35IN4O4S. The average molecular weight is 567 g/mol. The Hall–Kier alpha value is -1.56. The van der Waals surface area contributed by atoms with E-state index in [9.17, 15) is 13.2 Å². The van der Waals surface area contributed by atoms with E-state index < -0.39 is 9.84 Å². The van der Waals surface area contributed by atoms with E-state index in [0.29, 0.717) is 38.6 Å². The summed E-state index contributed by atoms with van der Waals surface area (Å²) in [6, 6.07) is 9.45. The Kier molecular flexibility index (Phi) is 12.8. The summed E-state index contributed by atoms with van der Waals surface area (Å²) in [4.78, 5) is 18.0. The van der Waals surface area contributed by atoms with Crippen molar-refractivity contribution < 1.29 is 17.9 Å². The van der Waals surface area contributed by atoms with Gasteiger partial charge < -0.3 is 20.3 Å². The van der Waals surface area contributed by atoms with Crippen LogP contribution in [0, 0.1) is 0 Å². The van der Waals surface area contributed by atoms with Crippen molar-refractivity contribution in [1.29, 1.82) is 0 Å². The first kappa shape index (κ1) is 27.5. The van der Waals surface area contributed by atoms with Gasteiger partial charge in [0.25, 0.3) is 0 Å². The summed E-state index contributed by atoms with van der Waals surface area (Å²) in [5.41, 5.74) is 0.810. The molecule has 0 saturated carbocycles. The third-order valence-corrected chi connectivity index (χ3v) is 6.50. The zero-order chi connectivity index (χ0) is 21.8. The molecule has 1 amide bonds.